The van der Waals surface area contributed by atoms with Crippen LogP contribution in [0.3, 0.4) is 0 Å². The Balaban J connectivity index is 1.96. The molecule has 1 amide bonds. The van der Waals surface area contributed by atoms with Gasteiger partial charge in [-0.25, -0.2) is 4.79 Å². The van der Waals surface area contributed by atoms with Gasteiger partial charge in [-0.2, -0.15) is 0 Å². The Kier molecular flexibility index (Phi) is 5.89. The summed E-state index contributed by atoms with van der Waals surface area (Å²) < 4.78 is 5.03. The van der Waals surface area contributed by atoms with E-state index in [0.29, 0.717) is 11.3 Å². The summed E-state index contributed by atoms with van der Waals surface area (Å²) in [4.78, 5) is 35.4. The van der Waals surface area contributed by atoms with E-state index < -0.39 is 11.9 Å². The minimum absolute atomic E-state index is 0.0230. The molecule has 0 aliphatic rings. The highest BCUT2D eigenvalue weighted by molar-refractivity contribution is 6.03. The maximum absolute atomic E-state index is 12.1. The third-order valence-electron chi connectivity index (χ3n) is 3.67. The molecule has 6 nitrogen and oxygen atoms in total. The number of carboxylic acids is 1. The van der Waals surface area contributed by atoms with E-state index in [0.717, 1.165) is 5.56 Å². The molecule has 0 bridgehead atoms. The number of Topliss-reactive ketones (excluding diaryl/α,β-unsaturated/α-hetero) is 1. The van der Waals surface area contributed by atoms with E-state index in [1.165, 1.54) is 13.2 Å². The highest BCUT2D eigenvalue weighted by atomic mass is 16.5. The number of carboxylic acid groups (broad SMARTS) is 1. The second-order valence-electron chi connectivity index (χ2n) is 5.55. The van der Waals surface area contributed by atoms with Crippen molar-refractivity contribution in [1.29, 1.82) is 0 Å². The molecule has 2 rings (SSSR count). The maximum Gasteiger partial charge on any atom is 0.337 e. The second-order valence-corrected chi connectivity index (χ2v) is 5.55. The first kappa shape index (κ1) is 18.2. The SMILES string of the molecule is COc1ccc(C(=O)CCC(=O)Nc2ccc(C)cc2C(=O)O)cc1. The fourth-order valence-corrected chi connectivity index (χ4v) is 2.31. The van der Waals surface area contributed by atoms with Crippen molar-refractivity contribution in [2.75, 3.05) is 12.4 Å². The zero-order valence-electron chi connectivity index (χ0n) is 14.0. The predicted molar refractivity (Wildman–Crippen MR) is 93.3 cm³/mol. The number of nitrogens with one attached hydrogen (secondary N) is 1. The number of hydrogen-bond donors (Lipinski definition) is 2. The summed E-state index contributed by atoms with van der Waals surface area (Å²) in [5.74, 6) is -1.04. The molecule has 0 saturated heterocycles. The van der Waals surface area contributed by atoms with Gasteiger partial charge in [0.1, 0.15) is 5.75 Å². The van der Waals surface area contributed by atoms with Crippen LogP contribution in [0.5, 0.6) is 5.75 Å². The number of hydrogen-bond acceptors (Lipinski definition) is 4. The molecule has 6 heteroatoms. The van der Waals surface area contributed by atoms with Gasteiger partial charge in [-0.3, -0.25) is 9.59 Å². The number of anilines is 1. The lowest BCUT2D eigenvalue weighted by atomic mass is 10.1. The van der Waals surface area contributed by atoms with Crippen LogP contribution in [0.2, 0.25) is 0 Å². The fourth-order valence-electron chi connectivity index (χ4n) is 2.31. The average molecular weight is 341 g/mol. The first-order valence-corrected chi connectivity index (χ1v) is 7.71. The number of aromatic carboxylic acids is 1. The molecule has 2 aromatic carbocycles. The van der Waals surface area contributed by atoms with Crippen molar-refractivity contribution in [2.24, 2.45) is 0 Å². The Bertz CT molecular complexity index is 796. The number of methoxy groups -OCH3 is 1. The molecule has 0 saturated carbocycles. The van der Waals surface area contributed by atoms with Crippen LogP contribution in [0.1, 0.15) is 39.1 Å². The first-order chi connectivity index (χ1) is 11.9. The van der Waals surface area contributed by atoms with Gasteiger partial charge in [0.25, 0.3) is 0 Å². The van der Waals surface area contributed by atoms with Gasteiger partial charge in [-0.1, -0.05) is 11.6 Å². The Morgan fingerprint density at radius 2 is 1.72 bits per heavy atom. The van der Waals surface area contributed by atoms with Crippen LogP contribution < -0.4 is 10.1 Å². The Hall–Kier alpha value is -3.15. The zero-order valence-corrected chi connectivity index (χ0v) is 14.0. The van der Waals surface area contributed by atoms with Gasteiger partial charge in [0, 0.05) is 18.4 Å². The van der Waals surface area contributed by atoms with Crippen molar-refractivity contribution in [3.63, 3.8) is 0 Å². The minimum atomic E-state index is -1.12. The molecule has 2 aromatic rings. The monoisotopic (exact) mass is 341 g/mol. The molecule has 2 N–H and O–H groups in total. The number of rotatable bonds is 7. The van der Waals surface area contributed by atoms with E-state index >= 15 is 0 Å². The lowest BCUT2D eigenvalue weighted by molar-refractivity contribution is -0.116. The summed E-state index contributed by atoms with van der Waals surface area (Å²) in [6.07, 6.45) is 0.00419. The minimum Gasteiger partial charge on any atom is -0.497 e. The van der Waals surface area contributed by atoms with Crippen LogP contribution in [-0.4, -0.2) is 29.9 Å². The van der Waals surface area contributed by atoms with Gasteiger partial charge in [-0.05, 0) is 43.3 Å². The molecule has 0 radical (unpaired) electrons. The topological polar surface area (TPSA) is 92.7 Å². The molecule has 0 aliphatic heterocycles. The normalized spacial score (nSPS) is 10.2. The zero-order chi connectivity index (χ0) is 18.4. The molecular formula is C19H19NO5. The van der Waals surface area contributed by atoms with E-state index in [4.69, 9.17) is 4.74 Å². The van der Waals surface area contributed by atoms with Crippen molar-refractivity contribution < 1.29 is 24.2 Å². The van der Waals surface area contributed by atoms with Crippen LogP contribution in [0.15, 0.2) is 42.5 Å². The van der Waals surface area contributed by atoms with E-state index in [1.807, 2.05) is 0 Å². The first-order valence-electron chi connectivity index (χ1n) is 7.71. The van der Waals surface area contributed by atoms with E-state index in [1.54, 1.807) is 43.3 Å². The third-order valence-corrected chi connectivity index (χ3v) is 3.67. The Morgan fingerprint density at radius 3 is 2.32 bits per heavy atom. The summed E-state index contributed by atoms with van der Waals surface area (Å²) in [7, 11) is 1.54. The molecule has 0 aliphatic carbocycles. The lowest BCUT2D eigenvalue weighted by Crippen LogP contribution is -2.16. The standard InChI is InChI=1S/C19H19NO5/c1-12-3-8-16(15(11-12)19(23)24)20-18(22)10-9-17(21)13-4-6-14(25-2)7-5-13/h3-8,11H,9-10H2,1-2H3,(H,20,22)(H,23,24). The third kappa shape index (κ3) is 4.91. The average Bonchev–Trinajstić information content (AvgIpc) is 2.61. The van der Waals surface area contributed by atoms with Crippen molar-refractivity contribution in [3.8, 4) is 5.75 Å². The number of ether oxygens (including phenoxy) is 1. The molecule has 0 fully saturated rings. The van der Waals surface area contributed by atoms with Crippen molar-refractivity contribution in [2.45, 2.75) is 19.8 Å². The van der Waals surface area contributed by atoms with Gasteiger partial charge in [0.15, 0.2) is 5.78 Å². The van der Waals surface area contributed by atoms with E-state index in [-0.39, 0.29) is 29.9 Å². The van der Waals surface area contributed by atoms with Crippen LogP contribution >= 0.6 is 0 Å². The number of aryl methyl sites for hydroxylation is 1. The maximum atomic E-state index is 12.1. The van der Waals surface area contributed by atoms with Gasteiger partial charge in [0.05, 0.1) is 18.4 Å². The Labute approximate surface area is 145 Å². The molecular weight excluding hydrogens is 322 g/mol. The van der Waals surface area contributed by atoms with Gasteiger partial charge in [0.2, 0.25) is 5.91 Å². The molecule has 130 valence electrons. The summed E-state index contributed by atoms with van der Waals surface area (Å²) >= 11 is 0. The van der Waals surface area contributed by atoms with E-state index in [2.05, 4.69) is 5.32 Å². The predicted octanol–water partition coefficient (Wildman–Crippen LogP) is 3.30. The molecule has 25 heavy (non-hydrogen) atoms. The smallest absolute Gasteiger partial charge is 0.337 e. The number of ketones is 1. The van der Waals surface area contributed by atoms with E-state index in [9.17, 15) is 19.5 Å². The summed E-state index contributed by atoms with van der Waals surface area (Å²) in [5.41, 5.74) is 1.52. The molecule has 0 atom stereocenters. The molecule has 0 unspecified atom stereocenters. The summed E-state index contributed by atoms with van der Waals surface area (Å²) in [6, 6.07) is 11.4. The van der Waals surface area contributed by atoms with Crippen molar-refractivity contribution in [3.05, 3.63) is 59.2 Å². The van der Waals surface area contributed by atoms with Gasteiger partial charge >= 0.3 is 5.97 Å². The van der Waals surface area contributed by atoms with Crippen LogP contribution in [0.25, 0.3) is 0 Å². The number of carbonyl (C=O) groups excluding carboxylic acids is 2. The fraction of sp³-hybridized carbons (Fsp3) is 0.211. The lowest BCUT2D eigenvalue weighted by Gasteiger charge is -2.09. The molecule has 0 heterocycles. The summed E-state index contributed by atoms with van der Waals surface area (Å²) in [6.45, 7) is 1.77. The number of carbonyl (C=O) groups is 3. The highest BCUT2D eigenvalue weighted by Gasteiger charge is 2.14. The van der Waals surface area contributed by atoms with Crippen LogP contribution in [0, 0.1) is 6.92 Å². The van der Waals surface area contributed by atoms with Crippen LogP contribution in [-0.2, 0) is 4.79 Å². The molecule has 0 aromatic heterocycles. The Morgan fingerprint density at radius 1 is 1.04 bits per heavy atom. The number of benzene rings is 2. The largest absolute Gasteiger partial charge is 0.497 e. The second kappa shape index (κ2) is 8.10. The quantitative estimate of drug-likeness (QED) is 0.754. The van der Waals surface area contributed by atoms with Crippen molar-refractivity contribution in [1.82, 2.24) is 0 Å². The highest BCUT2D eigenvalue weighted by Crippen LogP contribution is 2.18. The van der Waals surface area contributed by atoms with Crippen LogP contribution in [0.4, 0.5) is 5.69 Å². The van der Waals surface area contributed by atoms with Gasteiger partial charge < -0.3 is 15.2 Å². The molecule has 0 spiro atoms. The van der Waals surface area contributed by atoms with Crippen molar-refractivity contribution >= 4 is 23.3 Å². The summed E-state index contributed by atoms with van der Waals surface area (Å²) in [5, 5.41) is 11.7. The number of amides is 1. The van der Waals surface area contributed by atoms with Gasteiger partial charge in [-0.15, -0.1) is 0 Å².